The maximum atomic E-state index is 9.43. The Morgan fingerprint density at radius 1 is 1.27 bits per heavy atom. The van der Waals surface area contributed by atoms with E-state index in [1.807, 2.05) is 25.1 Å². The maximum Gasteiger partial charge on any atom is 0.174 e. The first-order valence-corrected chi connectivity index (χ1v) is 8.72. The fourth-order valence-electron chi connectivity index (χ4n) is 2.40. The number of hydrazone groups is 1. The number of hydrogen-bond donors (Lipinski definition) is 1. The molecule has 1 aromatic heterocycles. The van der Waals surface area contributed by atoms with E-state index in [4.69, 9.17) is 14.2 Å². The number of nitrogens with one attached hydrogen (secondary N) is 1. The highest BCUT2D eigenvalue weighted by atomic mass is 127. The molecule has 8 heteroatoms. The van der Waals surface area contributed by atoms with Crippen molar-refractivity contribution in [1.82, 2.24) is 4.98 Å². The summed E-state index contributed by atoms with van der Waals surface area (Å²) in [5.41, 5.74) is 5.62. The van der Waals surface area contributed by atoms with Crippen molar-refractivity contribution in [3.63, 3.8) is 0 Å². The molecular weight excluding hydrogens is 447 g/mol. The van der Waals surface area contributed by atoms with E-state index in [0.717, 1.165) is 20.4 Å². The lowest BCUT2D eigenvalue weighted by molar-refractivity contribution is 0.184. The molecule has 0 spiro atoms. The lowest BCUT2D eigenvalue weighted by Gasteiger charge is -2.11. The molecular formula is C18H19IN4O3. The second-order valence-corrected chi connectivity index (χ2v) is 6.46. The molecule has 0 saturated heterocycles. The van der Waals surface area contributed by atoms with Gasteiger partial charge in [-0.05, 0) is 53.3 Å². The number of halogens is 1. The molecule has 0 unspecified atom stereocenters. The SMILES string of the molecule is COCc1cc(C)nc(N/N=C/c2cc(I)c(OC)c(OC)c2)c1C#N. The molecule has 26 heavy (non-hydrogen) atoms. The number of aryl methyl sites for hydroxylation is 1. The van der Waals surface area contributed by atoms with E-state index in [9.17, 15) is 5.26 Å². The smallest absolute Gasteiger partial charge is 0.174 e. The Morgan fingerprint density at radius 3 is 2.65 bits per heavy atom. The first-order valence-electron chi connectivity index (χ1n) is 7.64. The lowest BCUT2D eigenvalue weighted by Crippen LogP contribution is -2.03. The summed E-state index contributed by atoms with van der Waals surface area (Å²) in [5.74, 6) is 1.69. The summed E-state index contributed by atoms with van der Waals surface area (Å²) in [6.45, 7) is 2.18. The van der Waals surface area contributed by atoms with Gasteiger partial charge in [0, 0.05) is 18.4 Å². The first-order chi connectivity index (χ1) is 12.5. The van der Waals surface area contributed by atoms with Gasteiger partial charge in [0.25, 0.3) is 0 Å². The van der Waals surface area contributed by atoms with Crippen molar-refractivity contribution in [2.45, 2.75) is 13.5 Å². The molecule has 0 amide bonds. The number of anilines is 1. The standard InChI is InChI=1S/C18H19IN4O3/c1-11-5-13(10-24-2)14(8-20)18(22-11)23-21-9-12-6-15(19)17(26-4)16(7-12)25-3/h5-7,9H,10H2,1-4H3,(H,22,23)/b21-9+. The Morgan fingerprint density at radius 2 is 2.04 bits per heavy atom. The van der Waals surface area contributed by atoms with Crippen LogP contribution in [-0.2, 0) is 11.3 Å². The molecule has 0 radical (unpaired) electrons. The molecule has 0 saturated carbocycles. The molecule has 0 bridgehead atoms. The van der Waals surface area contributed by atoms with Gasteiger partial charge in [-0.15, -0.1) is 0 Å². The summed E-state index contributed by atoms with van der Waals surface area (Å²) >= 11 is 2.17. The van der Waals surface area contributed by atoms with Crippen molar-refractivity contribution in [2.75, 3.05) is 26.8 Å². The number of aromatic nitrogens is 1. The topological polar surface area (TPSA) is 88.8 Å². The molecule has 0 fully saturated rings. The van der Waals surface area contributed by atoms with E-state index >= 15 is 0 Å². The summed E-state index contributed by atoms with van der Waals surface area (Å²) in [5, 5.41) is 13.6. The Hall–Kier alpha value is -2.38. The highest BCUT2D eigenvalue weighted by Crippen LogP contribution is 2.33. The van der Waals surface area contributed by atoms with Crippen molar-refractivity contribution in [2.24, 2.45) is 5.10 Å². The van der Waals surface area contributed by atoms with E-state index in [2.05, 4.69) is 44.2 Å². The van der Waals surface area contributed by atoms with Gasteiger partial charge in [-0.2, -0.15) is 10.4 Å². The molecule has 0 atom stereocenters. The molecule has 1 N–H and O–H groups in total. The van der Waals surface area contributed by atoms with Gasteiger partial charge >= 0.3 is 0 Å². The molecule has 136 valence electrons. The molecule has 1 aromatic carbocycles. The van der Waals surface area contributed by atoms with E-state index in [0.29, 0.717) is 29.5 Å². The van der Waals surface area contributed by atoms with Gasteiger partial charge in [-0.3, -0.25) is 5.43 Å². The number of ether oxygens (including phenoxy) is 3. The molecule has 2 aromatic rings. The fourth-order valence-corrected chi connectivity index (χ4v) is 3.24. The van der Waals surface area contributed by atoms with Crippen molar-refractivity contribution in [1.29, 1.82) is 5.26 Å². The zero-order valence-electron chi connectivity index (χ0n) is 15.0. The van der Waals surface area contributed by atoms with Gasteiger partial charge in [0.2, 0.25) is 0 Å². The Labute approximate surface area is 166 Å². The van der Waals surface area contributed by atoms with Crippen LogP contribution in [-0.4, -0.2) is 32.5 Å². The number of nitriles is 1. The van der Waals surface area contributed by atoms with Crippen LogP contribution in [0.4, 0.5) is 5.82 Å². The zero-order chi connectivity index (χ0) is 19.1. The Balaban J connectivity index is 2.29. The third-order valence-electron chi connectivity index (χ3n) is 3.48. The highest BCUT2D eigenvalue weighted by Gasteiger charge is 2.12. The Kier molecular flexibility index (Phi) is 7.17. The number of pyridine rings is 1. The van der Waals surface area contributed by atoms with E-state index in [1.165, 1.54) is 0 Å². The molecule has 2 rings (SSSR count). The lowest BCUT2D eigenvalue weighted by atomic mass is 10.1. The average Bonchev–Trinajstić information content (AvgIpc) is 2.61. The molecule has 0 aliphatic rings. The predicted molar refractivity (Wildman–Crippen MR) is 108 cm³/mol. The second-order valence-electron chi connectivity index (χ2n) is 5.30. The van der Waals surface area contributed by atoms with Crippen molar-refractivity contribution in [3.8, 4) is 17.6 Å². The minimum absolute atomic E-state index is 0.332. The molecule has 0 aliphatic heterocycles. The summed E-state index contributed by atoms with van der Waals surface area (Å²) in [7, 11) is 4.76. The number of methoxy groups -OCH3 is 3. The highest BCUT2D eigenvalue weighted by molar-refractivity contribution is 14.1. The van der Waals surface area contributed by atoms with Gasteiger partial charge in [0.15, 0.2) is 17.3 Å². The largest absolute Gasteiger partial charge is 0.493 e. The minimum Gasteiger partial charge on any atom is -0.493 e. The van der Waals surface area contributed by atoms with Crippen LogP contribution in [0.5, 0.6) is 11.5 Å². The van der Waals surface area contributed by atoms with Gasteiger partial charge in [-0.25, -0.2) is 4.98 Å². The third-order valence-corrected chi connectivity index (χ3v) is 4.28. The van der Waals surface area contributed by atoms with Crippen molar-refractivity contribution in [3.05, 3.63) is 44.2 Å². The normalized spacial score (nSPS) is 10.6. The molecule has 0 aliphatic carbocycles. The quantitative estimate of drug-likeness (QED) is 0.382. The predicted octanol–water partition coefficient (Wildman–Crippen LogP) is 3.48. The molecule has 1 heterocycles. The summed E-state index contributed by atoms with van der Waals surface area (Å²) in [6.07, 6.45) is 1.63. The molecule has 7 nitrogen and oxygen atoms in total. The van der Waals surface area contributed by atoms with E-state index in [1.54, 1.807) is 27.5 Å². The monoisotopic (exact) mass is 466 g/mol. The van der Waals surface area contributed by atoms with E-state index < -0.39 is 0 Å². The average molecular weight is 466 g/mol. The fraction of sp³-hybridized carbons (Fsp3) is 0.278. The van der Waals surface area contributed by atoms with Crippen LogP contribution in [0.2, 0.25) is 0 Å². The first kappa shape index (κ1) is 19.9. The zero-order valence-corrected chi connectivity index (χ0v) is 17.1. The maximum absolute atomic E-state index is 9.43. The number of hydrogen-bond acceptors (Lipinski definition) is 7. The van der Waals surface area contributed by atoms with Crippen molar-refractivity contribution >= 4 is 34.6 Å². The number of benzene rings is 1. The van der Waals surface area contributed by atoms with Crippen LogP contribution in [0.15, 0.2) is 23.3 Å². The van der Waals surface area contributed by atoms with Gasteiger partial charge < -0.3 is 14.2 Å². The van der Waals surface area contributed by atoms with Crippen LogP contribution >= 0.6 is 22.6 Å². The second kappa shape index (κ2) is 9.35. The number of rotatable bonds is 7. The van der Waals surface area contributed by atoms with Crippen LogP contribution < -0.4 is 14.9 Å². The van der Waals surface area contributed by atoms with Crippen molar-refractivity contribution < 1.29 is 14.2 Å². The van der Waals surface area contributed by atoms with E-state index in [-0.39, 0.29) is 0 Å². The van der Waals surface area contributed by atoms with Crippen LogP contribution in [0.3, 0.4) is 0 Å². The Bertz CT molecular complexity index is 862. The number of nitrogens with zero attached hydrogens (tertiary/aromatic N) is 3. The third kappa shape index (κ3) is 4.62. The summed E-state index contributed by atoms with van der Waals surface area (Å²) in [4.78, 5) is 4.35. The summed E-state index contributed by atoms with van der Waals surface area (Å²) in [6, 6.07) is 7.71. The van der Waals surface area contributed by atoms with Gasteiger partial charge in [0.1, 0.15) is 11.6 Å². The summed E-state index contributed by atoms with van der Waals surface area (Å²) < 4.78 is 16.7. The van der Waals surface area contributed by atoms with Gasteiger partial charge in [0.05, 0.1) is 30.6 Å². The van der Waals surface area contributed by atoms with Crippen LogP contribution in [0.1, 0.15) is 22.4 Å². The van der Waals surface area contributed by atoms with Crippen LogP contribution in [0, 0.1) is 21.8 Å². The van der Waals surface area contributed by atoms with Crippen LogP contribution in [0.25, 0.3) is 0 Å². The van der Waals surface area contributed by atoms with Gasteiger partial charge in [-0.1, -0.05) is 0 Å². The minimum atomic E-state index is 0.332.